The van der Waals surface area contributed by atoms with Gasteiger partial charge in [-0.2, -0.15) is 0 Å². The van der Waals surface area contributed by atoms with E-state index in [9.17, 15) is 0 Å². The fourth-order valence-corrected chi connectivity index (χ4v) is 1.29. The summed E-state index contributed by atoms with van der Waals surface area (Å²) in [6.07, 6.45) is 0. The van der Waals surface area contributed by atoms with Gasteiger partial charge in [-0.1, -0.05) is 6.07 Å². The Morgan fingerprint density at radius 2 is 1.71 bits per heavy atom. The largest absolute Gasteiger partial charge is 0.538 e. The summed E-state index contributed by atoms with van der Waals surface area (Å²) in [5, 5.41) is 0. The van der Waals surface area contributed by atoms with E-state index >= 15 is 0 Å². The van der Waals surface area contributed by atoms with Gasteiger partial charge in [0.25, 0.3) is 0 Å². The van der Waals surface area contributed by atoms with Crippen molar-refractivity contribution in [3.8, 4) is 17.2 Å². The van der Waals surface area contributed by atoms with Crippen LogP contribution >= 0.6 is 0 Å². The average molecular weight is 209 g/mol. The molecule has 0 saturated heterocycles. The molecule has 75 valence electrons. The third kappa shape index (κ3) is 2.42. The molecule has 14 heavy (non-hydrogen) atoms. The molecule has 0 bridgehead atoms. The first-order valence-corrected chi connectivity index (χ1v) is 4.96. The summed E-state index contributed by atoms with van der Waals surface area (Å²) >= 11 is 0. The molecule has 1 aromatic rings. The topological polar surface area (TPSA) is 27.7 Å². The summed E-state index contributed by atoms with van der Waals surface area (Å²) in [5.41, 5.74) is 0. The number of ether oxygens (including phenoxy) is 2. The van der Waals surface area contributed by atoms with Crippen molar-refractivity contribution < 1.29 is 13.9 Å². The Kier molecular flexibility index (Phi) is 4.32. The first kappa shape index (κ1) is 10.9. The normalized spacial score (nSPS) is 9.64. The van der Waals surface area contributed by atoms with E-state index < -0.39 is 0 Å². The zero-order chi connectivity index (χ0) is 10.4. The molecule has 0 N–H and O–H groups in total. The molecule has 0 aromatic heterocycles. The Bertz CT molecular complexity index is 289. The lowest BCUT2D eigenvalue weighted by molar-refractivity contribution is 0.281. The van der Waals surface area contributed by atoms with E-state index in [-0.39, 0.29) is 0 Å². The average Bonchev–Trinajstić information content (AvgIpc) is 2.21. The molecule has 4 heteroatoms. The molecule has 0 spiro atoms. The van der Waals surface area contributed by atoms with Crippen molar-refractivity contribution in [1.82, 2.24) is 0 Å². The second-order valence-corrected chi connectivity index (χ2v) is 2.76. The molecule has 0 atom stereocenters. The lowest BCUT2D eigenvalue weighted by Crippen LogP contribution is -2.00. The van der Waals surface area contributed by atoms with Gasteiger partial charge >= 0.3 is 10.5 Å². The van der Waals surface area contributed by atoms with Crippen LogP contribution in [0.1, 0.15) is 13.8 Å². The van der Waals surface area contributed by atoms with Gasteiger partial charge in [0.2, 0.25) is 5.75 Å². The Hall–Kier alpha value is -1.16. The minimum absolute atomic E-state index is 0.576. The Labute approximate surface area is 87.5 Å². The van der Waals surface area contributed by atoms with Crippen molar-refractivity contribution in [2.75, 3.05) is 13.2 Å². The third-order valence-corrected chi connectivity index (χ3v) is 1.86. The molecule has 3 nitrogen and oxygen atoms in total. The van der Waals surface area contributed by atoms with Crippen LogP contribution in [0.2, 0.25) is 0 Å². The number of para-hydroxylation sites is 1. The SMILES string of the molecule is CCOc1cccc(O[Si])c1OCC. The van der Waals surface area contributed by atoms with Crippen molar-refractivity contribution in [2.45, 2.75) is 13.8 Å². The summed E-state index contributed by atoms with van der Waals surface area (Å²) in [4.78, 5) is 0. The molecule has 0 amide bonds. The second kappa shape index (κ2) is 5.54. The van der Waals surface area contributed by atoms with E-state index in [2.05, 4.69) is 10.5 Å². The molecule has 0 saturated carbocycles. The Morgan fingerprint density at radius 3 is 2.29 bits per heavy atom. The minimum Gasteiger partial charge on any atom is -0.538 e. The molecule has 3 radical (unpaired) electrons. The van der Waals surface area contributed by atoms with Crippen molar-refractivity contribution in [2.24, 2.45) is 0 Å². The monoisotopic (exact) mass is 209 g/mol. The number of benzene rings is 1. The van der Waals surface area contributed by atoms with Gasteiger partial charge in [-0.15, -0.1) is 0 Å². The van der Waals surface area contributed by atoms with Crippen LogP contribution < -0.4 is 13.9 Å². The van der Waals surface area contributed by atoms with Crippen molar-refractivity contribution in [3.05, 3.63) is 18.2 Å². The molecule has 0 heterocycles. The fourth-order valence-electron chi connectivity index (χ4n) is 1.13. The predicted octanol–water partition coefficient (Wildman–Crippen LogP) is 1.95. The molecular weight excluding hydrogens is 196 g/mol. The summed E-state index contributed by atoms with van der Waals surface area (Å²) < 4.78 is 15.8. The maximum atomic E-state index is 5.43. The smallest absolute Gasteiger partial charge is 0.341 e. The molecular formula is C10H13O3Si. The van der Waals surface area contributed by atoms with Crippen LogP contribution in [-0.2, 0) is 0 Å². The summed E-state index contributed by atoms with van der Waals surface area (Å²) in [7, 11) is 2.98. The maximum absolute atomic E-state index is 5.43. The van der Waals surface area contributed by atoms with E-state index in [4.69, 9.17) is 13.9 Å². The molecule has 0 aliphatic rings. The quantitative estimate of drug-likeness (QED) is 0.694. The maximum Gasteiger partial charge on any atom is 0.341 e. The predicted molar refractivity (Wildman–Crippen MR) is 55.2 cm³/mol. The van der Waals surface area contributed by atoms with Crippen LogP contribution in [0.25, 0.3) is 0 Å². The van der Waals surface area contributed by atoms with Crippen molar-refractivity contribution in [3.63, 3.8) is 0 Å². The Morgan fingerprint density at radius 1 is 1.07 bits per heavy atom. The first-order chi connectivity index (χ1) is 6.83. The molecule has 0 unspecified atom stereocenters. The number of rotatable bonds is 5. The highest BCUT2D eigenvalue weighted by Crippen LogP contribution is 2.36. The first-order valence-electron chi connectivity index (χ1n) is 4.55. The van der Waals surface area contributed by atoms with E-state index in [1.165, 1.54) is 0 Å². The minimum atomic E-state index is 0.576. The standard InChI is InChI=1S/C10H13O3Si/c1-3-11-8-6-5-7-9(13-14)10(8)12-4-2/h5-7H,3-4H2,1-2H3. The second-order valence-electron chi connectivity index (χ2n) is 2.55. The number of hydrogen-bond donors (Lipinski definition) is 0. The van der Waals surface area contributed by atoms with Crippen LogP contribution in [0.15, 0.2) is 18.2 Å². The molecule has 0 aliphatic heterocycles. The van der Waals surface area contributed by atoms with Gasteiger partial charge in [0, 0.05) is 0 Å². The molecule has 1 rings (SSSR count). The van der Waals surface area contributed by atoms with Gasteiger partial charge in [0.15, 0.2) is 5.75 Å². The lowest BCUT2D eigenvalue weighted by atomic mass is 10.3. The van der Waals surface area contributed by atoms with Crippen molar-refractivity contribution >= 4 is 10.5 Å². The van der Waals surface area contributed by atoms with Gasteiger partial charge in [-0.05, 0) is 26.0 Å². The van der Waals surface area contributed by atoms with Gasteiger partial charge in [-0.3, -0.25) is 0 Å². The van der Waals surface area contributed by atoms with Crippen LogP contribution in [0, 0.1) is 0 Å². The summed E-state index contributed by atoms with van der Waals surface area (Å²) in [5.74, 6) is 1.95. The zero-order valence-electron chi connectivity index (χ0n) is 8.37. The van der Waals surface area contributed by atoms with Gasteiger partial charge in [0.1, 0.15) is 5.75 Å². The van der Waals surface area contributed by atoms with Crippen LogP contribution in [-0.4, -0.2) is 23.7 Å². The third-order valence-electron chi connectivity index (χ3n) is 1.64. The summed E-state index contributed by atoms with van der Waals surface area (Å²) in [6.45, 7) is 5.02. The summed E-state index contributed by atoms with van der Waals surface area (Å²) in [6, 6.07) is 5.51. The molecule has 0 fully saturated rings. The van der Waals surface area contributed by atoms with Crippen LogP contribution in [0.5, 0.6) is 17.2 Å². The highest BCUT2D eigenvalue weighted by molar-refractivity contribution is 6.00. The van der Waals surface area contributed by atoms with E-state index in [1.807, 2.05) is 26.0 Å². The zero-order valence-corrected chi connectivity index (χ0v) is 9.37. The fraction of sp³-hybridized carbons (Fsp3) is 0.400. The van der Waals surface area contributed by atoms with E-state index in [0.29, 0.717) is 30.5 Å². The van der Waals surface area contributed by atoms with Crippen LogP contribution in [0.3, 0.4) is 0 Å². The highest BCUT2D eigenvalue weighted by Gasteiger charge is 2.10. The van der Waals surface area contributed by atoms with Crippen LogP contribution in [0.4, 0.5) is 0 Å². The highest BCUT2D eigenvalue weighted by atomic mass is 28.2. The lowest BCUT2D eigenvalue weighted by Gasteiger charge is -2.13. The van der Waals surface area contributed by atoms with Crippen molar-refractivity contribution in [1.29, 1.82) is 0 Å². The van der Waals surface area contributed by atoms with Gasteiger partial charge in [0.05, 0.1) is 13.2 Å². The van der Waals surface area contributed by atoms with Gasteiger partial charge < -0.3 is 13.9 Å². The van der Waals surface area contributed by atoms with E-state index in [0.717, 1.165) is 0 Å². The molecule has 1 aromatic carbocycles. The van der Waals surface area contributed by atoms with E-state index in [1.54, 1.807) is 6.07 Å². The number of hydrogen-bond acceptors (Lipinski definition) is 3. The Balaban J connectivity index is 3.00. The van der Waals surface area contributed by atoms with Gasteiger partial charge in [-0.25, -0.2) is 0 Å². The molecule has 0 aliphatic carbocycles.